The Morgan fingerprint density at radius 1 is 1.55 bits per heavy atom. The molecule has 0 aliphatic carbocycles. The van der Waals surface area contributed by atoms with Crippen molar-refractivity contribution in [1.82, 2.24) is 10.2 Å². The predicted molar refractivity (Wildman–Crippen MR) is 47.6 cm³/mol. The standard InChI is InChI=1S/C8H19N3/c1-7(2)10-4-8(9)5-11(3)6-8/h7,10H,4-6,9H2,1-3H3. The Kier molecular flexibility index (Phi) is 2.52. The lowest BCUT2D eigenvalue weighted by molar-refractivity contribution is 0.0969. The zero-order valence-electron chi connectivity index (χ0n) is 7.72. The highest BCUT2D eigenvalue weighted by Gasteiger charge is 2.36. The van der Waals surface area contributed by atoms with Crippen LogP contribution in [0.1, 0.15) is 13.8 Å². The molecule has 0 unspecified atom stereocenters. The molecule has 0 radical (unpaired) electrons. The Balaban J connectivity index is 2.16. The lowest BCUT2D eigenvalue weighted by Crippen LogP contribution is -2.70. The predicted octanol–water partition coefficient (Wildman–Crippen LogP) is -0.373. The SMILES string of the molecule is CC(C)NCC1(N)CN(C)C1. The van der Waals surface area contributed by atoms with Crippen molar-refractivity contribution in [1.29, 1.82) is 0 Å². The molecule has 0 aromatic heterocycles. The van der Waals surface area contributed by atoms with Crippen LogP contribution in [0, 0.1) is 0 Å². The van der Waals surface area contributed by atoms with Gasteiger partial charge in [-0.15, -0.1) is 0 Å². The summed E-state index contributed by atoms with van der Waals surface area (Å²) in [5.74, 6) is 0. The number of rotatable bonds is 3. The molecule has 3 N–H and O–H groups in total. The molecule has 1 rings (SSSR count). The molecule has 66 valence electrons. The van der Waals surface area contributed by atoms with E-state index in [1.807, 2.05) is 0 Å². The maximum absolute atomic E-state index is 6.04. The molecule has 1 aliphatic rings. The molecule has 3 nitrogen and oxygen atoms in total. The fourth-order valence-electron chi connectivity index (χ4n) is 1.55. The quantitative estimate of drug-likeness (QED) is 0.587. The van der Waals surface area contributed by atoms with Crippen molar-refractivity contribution in [2.24, 2.45) is 5.73 Å². The summed E-state index contributed by atoms with van der Waals surface area (Å²) in [6.07, 6.45) is 0. The number of likely N-dealkylation sites (N-methyl/N-ethyl adjacent to an activating group) is 1. The zero-order chi connectivity index (χ0) is 8.48. The minimum atomic E-state index is 0.0407. The van der Waals surface area contributed by atoms with Gasteiger partial charge in [0.05, 0.1) is 5.54 Å². The second kappa shape index (κ2) is 3.09. The third kappa shape index (κ3) is 2.43. The maximum atomic E-state index is 6.04. The monoisotopic (exact) mass is 157 g/mol. The summed E-state index contributed by atoms with van der Waals surface area (Å²) < 4.78 is 0. The van der Waals surface area contributed by atoms with E-state index in [2.05, 4.69) is 31.1 Å². The van der Waals surface area contributed by atoms with Crippen molar-refractivity contribution in [3.63, 3.8) is 0 Å². The van der Waals surface area contributed by atoms with Gasteiger partial charge in [-0.05, 0) is 7.05 Å². The molecule has 1 aliphatic heterocycles. The second-order valence-electron chi connectivity index (χ2n) is 4.07. The fourth-order valence-corrected chi connectivity index (χ4v) is 1.55. The minimum absolute atomic E-state index is 0.0407. The van der Waals surface area contributed by atoms with Crippen LogP contribution in [0.25, 0.3) is 0 Å². The molecule has 1 heterocycles. The Bertz CT molecular complexity index is 127. The topological polar surface area (TPSA) is 41.3 Å². The highest BCUT2D eigenvalue weighted by Crippen LogP contribution is 2.14. The van der Waals surface area contributed by atoms with E-state index in [9.17, 15) is 0 Å². The van der Waals surface area contributed by atoms with Gasteiger partial charge in [0.15, 0.2) is 0 Å². The van der Waals surface area contributed by atoms with E-state index in [4.69, 9.17) is 5.73 Å². The number of nitrogens with one attached hydrogen (secondary N) is 1. The molecule has 0 saturated carbocycles. The fraction of sp³-hybridized carbons (Fsp3) is 1.00. The van der Waals surface area contributed by atoms with E-state index in [0.29, 0.717) is 6.04 Å². The smallest absolute Gasteiger partial charge is 0.0538 e. The summed E-state index contributed by atoms with van der Waals surface area (Å²) in [4.78, 5) is 2.24. The van der Waals surface area contributed by atoms with Crippen molar-refractivity contribution >= 4 is 0 Å². The van der Waals surface area contributed by atoms with Gasteiger partial charge in [-0.1, -0.05) is 13.8 Å². The zero-order valence-corrected chi connectivity index (χ0v) is 7.72. The van der Waals surface area contributed by atoms with E-state index in [1.54, 1.807) is 0 Å². The van der Waals surface area contributed by atoms with Crippen LogP contribution in [-0.2, 0) is 0 Å². The van der Waals surface area contributed by atoms with Crippen LogP contribution in [0.15, 0.2) is 0 Å². The number of likely N-dealkylation sites (tertiary alicyclic amines) is 1. The van der Waals surface area contributed by atoms with Gasteiger partial charge in [0.25, 0.3) is 0 Å². The van der Waals surface area contributed by atoms with Gasteiger partial charge in [0, 0.05) is 25.7 Å². The Morgan fingerprint density at radius 2 is 2.09 bits per heavy atom. The van der Waals surface area contributed by atoms with Crippen molar-refractivity contribution < 1.29 is 0 Å². The molecular weight excluding hydrogens is 138 g/mol. The number of hydrogen-bond donors (Lipinski definition) is 2. The average Bonchev–Trinajstić information content (AvgIpc) is 1.81. The van der Waals surface area contributed by atoms with Gasteiger partial charge in [-0.3, -0.25) is 0 Å². The van der Waals surface area contributed by atoms with Crippen LogP contribution in [0.5, 0.6) is 0 Å². The van der Waals surface area contributed by atoms with Gasteiger partial charge >= 0.3 is 0 Å². The first kappa shape index (κ1) is 8.97. The van der Waals surface area contributed by atoms with E-state index < -0.39 is 0 Å². The van der Waals surface area contributed by atoms with Crippen LogP contribution in [0.4, 0.5) is 0 Å². The summed E-state index contributed by atoms with van der Waals surface area (Å²) in [5.41, 5.74) is 6.08. The Hall–Kier alpha value is -0.120. The molecule has 3 heteroatoms. The largest absolute Gasteiger partial charge is 0.322 e. The van der Waals surface area contributed by atoms with Crippen molar-refractivity contribution in [3.8, 4) is 0 Å². The van der Waals surface area contributed by atoms with Crippen LogP contribution < -0.4 is 11.1 Å². The number of nitrogens with two attached hydrogens (primary N) is 1. The van der Waals surface area contributed by atoms with E-state index in [0.717, 1.165) is 19.6 Å². The first-order valence-electron chi connectivity index (χ1n) is 4.23. The van der Waals surface area contributed by atoms with Gasteiger partial charge < -0.3 is 16.0 Å². The van der Waals surface area contributed by atoms with Crippen LogP contribution in [-0.4, -0.2) is 43.2 Å². The summed E-state index contributed by atoms with van der Waals surface area (Å²) in [6.45, 7) is 7.27. The number of nitrogens with zero attached hydrogens (tertiary/aromatic N) is 1. The second-order valence-corrected chi connectivity index (χ2v) is 4.07. The molecule has 0 spiro atoms. The highest BCUT2D eigenvalue weighted by atomic mass is 15.2. The third-order valence-corrected chi connectivity index (χ3v) is 2.03. The maximum Gasteiger partial charge on any atom is 0.0538 e. The summed E-state index contributed by atoms with van der Waals surface area (Å²) in [6, 6.07) is 0.543. The molecule has 0 aromatic rings. The molecule has 1 saturated heterocycles. The lowest BCUT2D eigenvalue weighted by atomic mass is 9.91. The molecule has 1 fully saturated rings. The van der Waals surface area contributed by atoms with Crippen molar-refractivity contribution in [2.75, 3.05) is 26.7 Å². The van der Waals surface area contributed by atoms with E-state index in [1.165, 1.54) is 0 Å². The Labute approximate surface area is 68.9 Å². The third-order valence-electron chi connectivity index (χ3n) is 2.03. The van der Waals surface area contributed by atoms with Gasteiger partial charge in [-0.2, -0.15) is 0 Å². The molecule has 0 aromatic carbocycles. The van der Waals surface area contributed by atoms with Gasteiger partial charge in [0.1, 0.15) is 0 Å². The first-order valence-corrected chi connectivity index (χ1v) is 4.23. The normalized spacial score (nSPS) is 23.7. The van der Waals surface area contributed by atoms with Crippen LogP contribution >= 0.6 is 0 Å². The molecule has 0 bridgehead atoms. The summed E-state index contributed by atoms with van der Waals surface area (Å²) in [7, 11) is 2.10. The lowest BCUT2D eigenvalue weighted by Gasteiger charge is -2.46. The molecule has 0 atom stereocenters. The average molecular weight is 157 g/mol. The van der Waals surface area contributed by atoms with Crippen LogP contribution in [0.3, 0.4) is 0 Å². The first-order chi connectivity index (χ1) is 5.02. The van der Waals surface area contributed by atoms with Crippen molar-refractivity contribution in [2.45, 2.75) is 25.4 Å². The van der Waals surface area contributed by atoms with E-state index in [-0.39, 0.29) is 5.54 Å². The molecule has 0 amide bonds. The van der Waals surface area contributed by atoms with Gasteiger partial charge in [-0.25, -0.2) is 0 Å². The number of hydrogen-bond acceptors (Lipinski definition) is 3. The summed E-state index contributed by atoms with van der Waals surface area (Å²) >= 11 is 0. The van der Waals surface area contributed by atoms with Crippen LogP contribution in [0.2, 0.25) is 0 Å². The highest BCUT2D eigenvalue weighted by molar-refractivity contribution is 5.00. The Morgan fingerprint density at radius 3 is 2.45 bits per heavy atom. The summed E-state index contributed by atoms with van der Waals surface area (Å²) in [5, 5.41) is 3.36. The van der Waals surface area contributed by atoms with E-state index >= 15 is 0 Å². The molecule has 11 heavy (non-hydrogen) atoms. The minimum Gasteiger partial charge on any atom is -0.322 e. The molecular formula is C8H19N3. The van der Waals surface area contributed by atoms with Gasteiger partial charge in [0.2, 0.25) is 0 Å². The van der Waals surface area contributed by atoms with Crippen molar-refractivity contribution in [3.05, 3.63) is 0 Å².